The maximum absolute atomic E-state index is 11.3. The van der Waals surface area contributed by atoms with Crippen molar-refractivity contribution in [2.75, 3.05) is 13.2 Å². The van der Waals surface area contributed by atoms with Crippen molar-refractivity contribution in [2.24, 2.45) is 0 Å². The van der Waals surface area contributed by atoms with E-state index in [1.165, 1.54) is 0 Å². The minimum absolute atomic E-state index is 0.0324. The molecule has 0 amide bonds. The first-order valence-electron chi connectivity index (χ1n) is 4.59. The van der Waals surface area contributed by atoms with Crippen LogP contribution in [0, 0.1) is 0 Å². The van der Waals surface area contributed by atoms with E-state index in [1.54, 1.807) is 0 Å². The summed E-state index contributed by atoms with van der Waals surface area (Å²) < 4.78 is 4.95. The molecule has 1 saturated heterocycles. The van der Waals surface area contributed by atoms with E-state index in [1.807, 2.05) is 6.92 Å². The van der Waals surface area contributed by atoms with Crippen LogP contribution in [0.1, 0.15) is 27.2 Å². The van der Waals surface area contributed by atoms with Gasteiger partial charge in [-0.05, 0) is 27.2 Å². The molecule has 1 atom stereocenters. The summed E-state index contributed by atoms with van der Waals surface area (Å²) in [6, 6.07) is 0.484. The number of ether oxygens (including phenoxy) is 1. The molecule has 0 aromatic rings. The molecule has 0 aliphatic carbocycles. The minimum Gasteiger partial charge on any atom is -0.465 e. The molecule has 1 aliphatic rings. The topological polar surface area (TPSA) is 29.5 Å². The number of esters is 1. The smallest absolute Gasteiger partial charge is 0.323 e. The molecule has 1 rings (SSSR count). The van der Waals surface area contributed by atoms with Crippen LogP contribution in [-0.4, -0.2) is 36.1 Å². The zero-order valence-corrected chi connectivity index (χ0v) is 8.04. The van der Waals surface area contributed by atoms with E-state index in [9.17, 15) is 4.79 Å². The zero-order valence-electron chi connectivity index (χ0n) is 8.04. The van der Waals surface area contributed by atoms with Crippen LogP contribution in [-0.2, 0) is 9.53 Å². The van der Waals surface area contributed by atoms with Crippen molar-refractivity contribution >= 4 is 5.97 Å². The van der Waals surface area contributed by atoms with E-state index in [0.29, 0.717) is 12.6 Å². The van der Waals surface area contributed by atoms with Gasteiger partial charge in [0, 0.05) is 12.6 Å². The van der Waals surface area contributed by atoms with Crippen molar-refractivity contribution in [1.29, 1.82) is 0 Å². The van der Waals surface area contributed by atoms with Crippen molar-refractivity contribution in [2.45, 2.75) is 39.3 Å². The molecule has 0 bridgehead atoms. The van der Waals surface area contributed by atoms with E-state index >= 15 is 0 Å². The minimum atomic E-state index is -0.0579. The van der Waals surface area contributed by atoms with Crippen LogP contribution >= 0.6 is 0 Å². The largest absolute Gasteiger partial charge is 0.465 e. The maximum atomic E-state index is 11.3. The molecular weight excluding hydrogens is 154 g/mol. The highest BCUT2D eigenvalue weighted by Crippen LogP contribution is 2.21. The summed E-state index contributed by atoms with van der Waals surface area (Å²) >= 11 is 0. The summed E-state index contributed by atoms with van der Waals surface area (Å²) in [5, 5.41) is 0. The fourth-order valence-electron chi connectivity index (χ4n) is 1.52. The molecule has 0 aromatic carbocycles. The average Bonchev–Trinajstić information content (AvgIpc) is 1.82. The number of carbonyl (C=O) groups excluding carboxylic acids is 1. The second-order valence-electron chi connectivity index (χ2n) is 3.39. The first-order valence-corrected chi connectivity index (χ1v) is 4.59. The lowest BCUT2D eigenvalue weighted by Crippen LogP contribution is -2.55. The molecule has 70 valence electrons. The van der Waals surface area contributed by atoms with Gasteiger partial charge in [0.2, 0.25) is 0 Å². The zero-order chi connectivity index (χ0) is 9.14. The van der Waals surface area contributed by atoms with Gasteiger partial charge < -0.3 is 4.74 Å². The fourth-order valence-corrected chi connectivity index (χ4v) is 1.52. The third-order valence-corrected chi connectivity index (χ3v) is 2.28. The highest BCUT2D eigenvalue weighted by atomic mass is 16.5. The SMILES string of the molecule is CCOC(=O)C1CCN1C(C)C. The molecule has 0 saturated carbocycles. The van der Waals surface area contributed by atoms with Crippen LogP contribution in [0.4, 0.5) is 0 Å². The number of hydrogen-bond acceptors (Lipinski definition) is 3. The van der Waals surface area contributed by atoms with Crippen molar-refractivity contribution < 1.29 is 9.53 Å². The first-order chi connectivity index (χ1) is 5.66. The Labute approximate surface area is 73.7 Å². The summed E-state index contributed by atoms with van der Waals surface area (Å²) in [7, 11) is 0. The molecule has 1 fully saturated rings. The predicted octanol–water partition coefficient (Wildman–Crippen LogP) is 1.03. The Bertz CT molecular complexity index is 168. The Morgan fingerprint density at radius 3 is 2.67 bits per heavy atom. The predicted molar refractivity (Wildman–Crippen MR) is 46.9 cm³/mol. The van der Waals surface area contributed by atoms with Gasteiger partial charge >= 0.3 is 5.97 Å². The quantitative estimate of drug-likeness (QED) is 0.594. The Balaban J connectivity index is 2.38. The number of rotatable bonds is 3. The molecule has 0 aromatic heterocycles. The Kier molecular flexibility index (Phi) is 3.09. The molecule has 1 heterocycles. The highest BCUT2D eigenvalue weighted by Gasteiger charge is 2.36. The van der Waals surface area contributed by atoms with Crippen LogP contribution in [0.2, 0.25) is 0 Å². The van der Waals surface area contributed by atoms with E-state index in [-0.39, 0.29) is 12.0 Å². The van der Waals surface area contributed by atoms with Crippen molar-refractivity contribution in [3.8, 4) is 0 Å². The Hall–Kier alpha value is -0.570. The first kappa shape index (κ1) is 9.52. The lowest BCUT2D eigenvalue weighted by molar-refractivity contribution is -0.155. The number of nitrogens with zero attached hydrogens (tertiary/aromatic N) is 1. The molecule has 1 aliphatic heterocycles. The van der Waals surface area contributed by atoms with Crippen LogP contribution in [0.3, 0.4) is 0 Å². The number of likely N-dealkylation sites (tertiary alicyclic amines) is 1. The maximum Gasteiger partial charge on any atom is 0.323 e. The Morgan fingerprint density at radius 1 is 1.67 bits per heavy atom. The standard InChI is InChI=1S/C9H17NO2/c1-4-12-9(11)8-5-6-10(8)7(2)3/h7-8H,4-6H2,1-3H3. The molecule has 0 radical (unpaired) electrons. The van der Waals surface area contributed by atoms with Gasteiger partial charge in [-0.15, -0.1) is 0 Å². The number of hydrogen-bond donors (Lipinski definition) is 0. The molecule has 3 heteroatoms. The summed E-state index contributed by atoms with van der Waals surface area (Å²) in [5.74, 6) is -0.0579. The molecule has 12 heavy (non-hydrogen) atoms. The van der Waals surface area contributed by atoms with Crippen molar-refractivity contribution in [1.82, 2.24) is 4.90 Å². The third-order valence-electron chi connectivity index (χ3n) is 2.28. The van der Waals surface area contributed by atoms with Gasteiger partial charge in [-0.25, -0.2) is 0 Å². The van der Waals surface area contributed by atoms with Crippen LogP contribution in [0.15, 0.2) is 0 Å². The van der Waals surface area contributed by atoms with Gasteiger partial charge in [-0.3, -0.25) is 9.69 Å². The lowest BCUT2D eigenvalue weighted by atomic mass is 10.0. The fraction of sp³-hybridized carbons (Fsp3) is 0.889. The summed E-state index contributed by atoms with van der Waals surface area (Å²) in [6.07, 6.45) is 0.955. The molecule has 1 unspecified atom stereocenters. The summed E-state index contributed by atoms with van der Waals surface area (Å²) in [6.45, 7) is 7.56. The summed E-state index contributed by atoms with van der Waals surface area (Å²) in [4.78, 5) is 13.4. The van der Waals surface area contributed by atoms with Crippen LogP contribution in [0.25, 0.3) is 0 Å². The third kappa shape index (κ3) is 1.78. The van der Waals surface area contributed by atoms with E-state index in [4.69, 9.17) is 4.74 Å². The summed E-state index contributed by atoms with van der Waals surface area (Å²) in [5.41, 5.74) is 0. The molecule has 3 nitrogen and oxygen atoms in total. The van der Waals surface area contributed by atoms with Gasteiger partial charge in [0.1, 0.15) is 6.04 Å². The van der Waals surface area contributed by atoms with Gasteiger partial charge in [0.05, 0.1) is 6.61 Å². The van der Waals surface area contributed by atoms with Crippen molar-refractivity contribution in [3.63, 3.8) is 0 Å². The lowest BCUT2D eigenvalue weighted by Gasteiger charge is -2.41. The molecule has 0 spiro atoms. The van der Waals surface area contributed by atoms with Gasteiger partial charge in [-0.2, -0.15) is 0 Å². The van der Waals surface area contributed by atoms with E-state index < -0.39 is 0 Å². The van der Waals surface area contributed by atoms with Crippen LogP contribution in [0.5, 0.6) is 0 Å². The van der Waals surface area contributed by atoms with E-state index in [0.717, 1.165) is 13.0 Å². The molecular formula is C9H17NO2. The monoisotopic (exact) mass is 171 g/mol. The normalized spacial score (nSPS) is 23.8. The number of carbonyl (C=O) groups is 1. The molecule has 0 N–H and O–H groups in total. The van der Waals surface area contributed by atoms with Crippen LogP contribution < -0.4 is 0 Å². The Morgan fingerprint density at radius 2 is 2.33 bits per heavy atom. The second-order valence-corrected chi connectivity index (χ2v) is 3.39. The highest BCUT2D eigenvalue weighted by molar-refractivity contribution is 5.76. The van der Waals surface area contributed by atoms with E-state index in [2.05, 4.69) is 18.7 Å². The van der Waals surface area contributed by atoms with Crippen molar-refractivity contribution in [3.05, 3.63) is 0 Å². The average molecular weight is 171 g/mol. The van der Waals surface area contributed by atoms with Gasteiger partial charge in [0.15, 0.2) is 0 Å². The van der Waals surface area contributed by atoms with Gasteiger partial charge in [-0.1, -0.05) is 0 Å². The second kappa shape index (κ2) is 3.90. The van der Waals surface area contributed by atoms with Gasteiger partial charge in [0.25, 0.3) is 0 Å².